The van der Waals surface area contributed by atoms with Crippen LogP contribution in [0.3, 0.4) is 0 Å². The van der Waals surface area contributed by atoms with Crippen molar-refractivity contribution in [1.29, 1.82) is 0 Å². The molecule has 1 aliphatic rings. The van der Waals surface area contributed by atoms with E-state index in [0.29, 0.717) is 6.54 Å². The van der Waals surface area contributed by atoms with E-state index in [1.165, 1.54) is 0 Å². The fraction of sp³-hybridized carbons (Fsp3) is 0.833. The van der Waals surface area contributed by atoms with Crippen LogP contribution in [0.5, 0.6) is 0 Å². The second-order valence-electron chi connectivity index (χ2n) is 5.34. The third kappa shape index (κ3) is 4.24. The van der Waals surface area contributed by atoms with Gasteiger partial charge in [-0.2, -0.15) is 0 Å². The molecular weight excluding hydrogens is 220 g/mol. The highest BCUT2D eigenvalue weighted by atomic mass is 16.4. The summed E-state index contributed by atoms with van der Waals surface area (Å²) in [5, 5.41) is 14.3. The molecule has 2 atom stereocenters. The van der Waals surface area contributed by atoms with Crippen molar-refractivity contribution in [1.82, 2.24) is 10.6 Å². The molecule has 5 heteroatoms. The lowest BCUT2D eigenvalue weighted by Gasteiger charge is -2.21. The van der Waals surface area contributed by atoms with Crippen LogP contribution in [0.25, 0.3) is 0 Å². The molecule has 3 N–H and O–H groups in total. The molecule has 1 saturated carbocycles. The summed E-state index contributed by atoms with van der Waals surface area (Å²) in [6.45, 7) is 6.45. The average Bonchev–Trinajstić information content (AvgIpc) is 3.01. The van der Waals surface area contributed by atoms with Gasteiger partial charge in [0, 0.05) is 6.54 Å². The lowest BCUT2D eigenvalue weighted by atomic mass is 9.99. The number of aliphatic carboxylic acids is 1. The molecule has 0 unspecified atom stereocenters. The van der Waals surface area contributed by atoms with E-state index in [-0.39, 0.29) is 17.4 Å². The fourth-order valence-corrected chi connectivity index (χ4v) is 1.56. The van der Waals surface area contributed by atoms with Gasteiger partial charge in [0.25, 0.3) is 0 Å². The minimum Gasteiger partial charge on any atom is -0.480 e. The first-order valence-electron chi connectivity index (χ1n) is 6.15. The molecule has 0 aromatic heterocycles. The summed E-state index contributed by atoms with van der Waals surface area (Å²) >= 11 is 0. The molecule has 1 fully saturated rings. The number of carboxylic acids is 1. The zero-order valence-corrected chi connectivity index (χ0v) is 10.7. The Kier molecular flexibility index (Phi) is 4.37. The lowest BCUT2D eigenvalue weighted by Crippen LogP contribution is -2.49. The molecule has 0 radical (unpaired) electrons. The first-order chi connectivity index (χ1) is 7.88. The van der Waals surface area contributed by atoms with Crippen LogP contribution in [-0.2, 0) is 4.79 Å². The highest BCUT2D eigenvalue weighted by Gasteiger charge is 2.37. The highest BCUT2D eigenvalue weighted by Crippen LogP contribution is 2.43. The number of rotatable bonds is 6. The molecule has 17 heavy (non-hydrogen) atoms. The van der Waals surface area contributed by atoms with Gasteiger partial charge in [0.1, 0.15) is 6.04 Å². The van der Waals surface area contributed by atoms with Gasteiger partial charge in [0.05, 0.1) is 0 Å². The van der Waals surface area contributed by atoms with Crippen molar-refractivity contribution in [3.63, 3.8) is 0 Å². The molecule has 2 amide bonds. The van der Waals surface area contributed by atoms with Crippen molar-refractivity contribution in [2.75, 3.05) is 6.54 Å². The van der Waals surface area contributed by atoms with E-state index in [4.69, 9.17) is 5.11 Å². The Morgan fingerprint density at radius 1 is 1.41 bits per heavy atom. The van der Waals surface area contributed by atoms with Crippen molar-refractivity contribution < 1.29 is 14.7 Å². The number of amides is 2. The zero-order chi connectivity index (χ0) is 13.1. The summed E-state index contributed by atoms with van der Waals surface area (Å²) < 4.78 is 0. The van der Waals surface area contributed by atoms with Gasteiger partial charge in [0.2, 0.25) is 0 Å². The van der Waals surface area contributed by atoms with Gasteiger partial charge in [0.15, 0.2) is 0 Å². The monoisotopic (exact) mass is 242 g/mol. The highest BCUT2D eigenvalue weighted by molar-refractivity contribution is 5.82. The molecule has 0 aliphatic heterocycles. The minimum atomic E-state index is -0.980. The molecule has 1 aliphatic carbocycles. The Balaban J connectivity index is 2.38. The second-order valence-corrected chi connectivity index (χ2v) is 5.34. The van der Waals surface area contributed by atoms with E-state index in [2.05, 4.69) is 17.6 Å². The zero-order valence-electron chi connectivity index (χ0n) is 10.7. The van der Waals surface area contributed by atoms with Gasteiger partial charge in [-0.05, 0) is 24.2 Å². The molecule has 0 aromatic rings. The third-order valence-corrected chi connectivity index (χ3v) is 3.54. The average molecular weight is 242 g/mol. The predicted molar refractivity (Wildman–Crippen MR) is 64.8 cm³/mol. The number of carboxylic acid groups (broad SMARTS) is 1. The van der Waals surface area contributed by atoms with Crippen LogP contribution in [0.1, 0.15) is 40.0 Å². The SMILES string of the molecule is CC[C@H](C)[C@H](NC(=O)NCC1(C)CC1)C(=O)O. The second kappa shape index (κ2) is 5.38. The van der Waals surface area contributed by atoms with E-state index >= 15 is 0 Å². The van der Waals surface area contributed by atoms with Crippen molar-refractivity contribution >= 4 is 12.0 Å². The van der Waals surface area contributed by atoms with Crippen molar-refractivity contribution in [3.05, 3.63) is 0 Å². The first kappa shape index (κ1) is 13.8. The van der Waals surface area contributed by atoms with Gasteiger partial charge >= 0.3 is 12.0 Å². The smallest absolute Gasteiger partial charge is 0.326 e. The largest absolute Gasteiger partial charge is 0.480 e. The third-order valence-electron chi connectivity index (χ3n) is 3.54. The van der Waals surface area contributed by atoms with Gasteiger partial charge in [-0.25, -0.2) is 9.59 Å². The number of hydrogen-bond donors (Lipinski definition) is 3. The molecule has 0 saturated heterocycles. The van der Waals surface area contributed by atoms with Gasteiger partial charge in [-0.3, -0.25) is 0 Å². The van der Waals surface area contributed by atoms with Crippen LogP contribution in [0, 0.1) is 11.3 Å². The maximum atomic E-state index is 11.6. The maximum absolute atomic E-state index is 11.6. The van der Waals surface area contributed by atoms with Crippen LogP contribution in [0.4, 0.5) is 4.79 Å². The van der Waals surface area contributed by atoms with E-state index in [9.17, 15) is 9.59 Å². The molecular formula is C12H22N2O3. The summed E-state index contributed by atoms with van der Waals surface area (Å²) in [5.41, 5.74) is 0.229. The molecule has 0 bridgehead atoms. The van der Waals surface area contributed by atoms with Crippen LogP contribution >= 0.6 is 0 Å². The first-order valence-corrected chi connectivity index (χ1v) is 6.15. The van der Waals surface area contributed by atoms with Crippen molar-refractivity contribution in [2.24, 2.45) is 11.3 Å². The van der Waals surface area contributed by atoms with E-state index in [1.807, 2.05) is 13.8 Å². The number of nitrogens with one attached hydrogen (secondary N) is 2. The number of hydrogen-bond acceptors (Lipinski definition) is 2. The quantitative estimate of drug-likeness (QED) is 0.661. The number of urea groups is 1. The van der Waals surface area contributed by atoms with Crippen LogP contribution in [0.2, 0.25) is 0 Å². The Morgan fingerprint density at radius 2 is 2.00 bits per heavy atom. The van der Waals surface area contributed by atoms with E-state index < -0.39 is 12.0 Å². The predicted octanol–water partition coefficient (Wildman–Crippen LogP) is 1.59. The molecule has 0 aromatic carbocycles. The molecule has 0 heterocycles. The topological polar surface area (TPSA) is 78.4 Å². The Bertz CT molecular complexity index is 300. The number of carbonyl (C=O) groups excluding carboxylic acids is 1. The van der Waals surface area contributed by atoms with Gasteiger partial charge in [-0.15, -0.1) is 0 Å². The van der Waals surface area contributed by atoms with E-state index in [0.717, 1.165) is 19.3 Å². The van der Waals surface area contributed by atoms with Gasteiger partial charge in [-0.1, -0.05) is 27.2 Å². The molecule has 0 spiro atoms. The fourth-order valence-electron chi connectivity index (χ4n) is 1.56. The maximum Gasteiger partial charge on any atom is 0.326 e. The lowest BCUT2D eigenvalue weighted by molar-refractivity contribution is -0.140. The van der Waals surface area contributed by atoms with E-state index in [1.54, 1.807) is 0 Å². The van der Waals surface area contributed by atoms with Gasteiger partial charge < -0.3 is 15.7 Å². The summed E-state index contributed by atoms with van der Waals surface area (Å²) in [7, 11) is 0. The Morgan fingerprint density at radius 3 is 2.41 bits per heavy atom. The van der Waals surface area contributed by atoms with Crippen molar-refractivity contribution in [2.45, 2.75) is 46.1 Å². The molecule has 1 rings (SSSR count). The van der Waals surface area contributed by atoms with Crippen molar-refractivity contribution in [3.8, 4) is 0 Å². The summed E-state index contributed by atoms with van der Waals surface area (Å²) in [6, 6.07) is -1.20. The Labute approximate surface area is 102 Å². The summed E-state index contributed by atoms with van der Waals surface area (Å²) in [6.07, 6.45) is 2.97. The summed E-state index contributed by atoms with van der Waals surface area (Å²) in [5.74, 6) is -1.05. The standard InChI is InChI=1S/C12H22N2O3/c1-4-8(2)9(10(15)16)14-11(17)13-7-12(3)5-6-12/h8-9H,4-7H2,1-3H3,(H,15,16)(H2,13,14,17)/t8-,9-/m0/s1. The molecule has 98 valence electrons. The van der Waals surface area contributed by atoms with Crippen LogP contribution in [0.15, 0.2) is 0 Å². The van der Waals surface area contributed by atoms with Crippen LogP contribution < -0.4 is 10.6 Å². The van der Waals surface area contributed by atoms with Crippen LogP contribution in [-0.4, -0.2) is 29.7 Å². The number of carbonyl (C=O) groups is 2. The normalized spacial score (nSPS) is 20.2. The Hall–Kier alpha value is -1.26. The minimum absolute atomic E-state index is 0.0743. The molecule has 5 nitrogen and oxygen atoms in total. The summed E-state index contributed by atoms with van der Waals surface area (Å²) in [4.78, 5) is 22.6.